The van der Waals surface area contributed by atoms with Crippen LogP contribution < -0.4 is 0 Å². The second-order valence-corrected chi connectivity index (χ2v) is 2.09. The van der Waals surface area contributed by atoms with Crippen LogP contribution in [0.25, 0.3) is 0 Å². The number of aryl methyl sites for hydroxylation is 1. The lowest BCUT2D eigenvalue weighted by Gasteiger charge is -2.00. The Morgan fingerprint density at radius 1 is 1.45 bits per heavy atom. The quantitative estimate of drug-likeness (QED) is 0.684. The van der Waals surface area contributed by atoms with Gasteiger partial charge in [-0.25, -0.2) is 14.4 Å². The summed E-state index contributed by atoms with van der Waals surface area (Å²) in [6, 6.07) is 0. The standard InChI is InChI=1S/C7H9FN2O/c1-2-5-7(8)6(3-11)10-4-9-5/h4,11H,2-3H2,1H3. The van der Waals surface area contributed by atoms with Crippen molar-refractivity contribution in [3.05, 3.63) is 23.5 Å². The van der Waals surface area contributed by atoms with Crippen molar-refractivity contribution in [3.8, 4) is 0 Å². The molecule has 0 aliphatic carbocycles. The number of halogens is 1. The lowest BCUT2D eigenvalue weighted by atomic mass is 10.2. The molecule has 4 heteroatoms. The maximum atomic E-state index is 13.0. The van der Waals surface area contributed by atoms with E-state index in [1.807, 2.05) is 0 Å². The first-order valence-electron chi connectivity index (χ1n) is 3.38. The normalized spacial score (nSPS) is 10.1. The Balaban J connectivity index is 3.10. The number of aliphatic hydroxyl groups is 1. The largest absolute Gasteiger partial charge is 0.390 e. The van der Waals surface area contributed by atoms with Gasteiger partial charge in [0.25, 0.3) is 0 Å². The van der Waals surface area contributed by atoms with Crippen molar-refractivity contribution < 1.29 is 9.50 Å². The Bertz CT molecular complexity index is 230. The molecule has 3 nitrogen and oxygen atoms in total. The van der Waals surface area contributed by atoms with E-state index < -0.39 is 5.82 Å². The van der Waals surface area contributed by atoms with Crippen LogP contribution in [0.15, 0.2) is 6.33 Å². The zero-order valence-electron chi connectivity index (χ0n) is 6.21. The van der Waals surface area contributed by atoms with Crippen LogP contribution in [0.2, 0.25) is 0 Å². The van der Waals surface area contributed by atoms with Gasteiger partial charge in [-0.15, -0.1) is 0 Å². The van der Waals surface area contributed by atoms with Crippen molar-refractivity contribution in [2.75, 3.05) is 0 Å². The van der Waals surface area contributed by atoms with Crippen LogP contribution in [-0.4, -0.2) is 15.1 Å². The fourth-order valence-electron chi connectivity index (χ4n) is 0.805. The van der Waals surface area contributed by atoms with Gasteiger partial charge in [-0.05, 0) is 6.42 Å². The molecule has 60 valence electrons. The zero-order valence-corrected chi connectivity index (χ0v) is 6.21. The predicted molar refractivity (Wildman–Crippen MR) is 37.3 cm³/mol. The molecule has 0 aliphatic rings. The molecule has 1 aromatic heterocycles. The molecule has 0 atom stereocenters. The molecule has 1 rings (SSSR count). The second-order valence-electron chi connectivity index (χ2n) is 2.09. The Labute approximate surface area is 63.9 Å². The molecule has 1 heterocycles. The summed E-state index contributed by atoms with van der Waals surface area (Å²) in [5.74, 6) is -0.488. The van der Waals surface area contributed by atoms with Gasteiger partial charge >= 0.3 is 0 Å². The smallest absolute Gasteiger partial charge is 0.168 e. The van der Waals surface area contributed by atoms with Crippen LogP contribution in [-0.2, 0) is 13.0 Å². The van der Waals surface area contributed by atoms with Crippen molar-refractivity contribution in [1.29, 1.82) is 0 Å². The molecule has 0 bridgehead atoms. The van der Waals surface area contributed by atoms with E-state index in [0.29, 0.717) is 12.1 Å². The van der Waals surface area contributed by atoms with Crippen LogP contribution in [0, 0.1) is 5.82 Å². The van der Waals surface area contributed by atoms with E-state index in [0.717, 1.165) is 0 Å². The van der Waals surface area contributed by atoms with Gasteiger partial charge in [-0.3, -0.25) is 0 Å². The highest BCUT2D eigenvalue weighted by molar-refractivity contribution is 5.10. The Hall–Kier alpha value is -1.03. The molecule has 0 amide bonds. The van der Waals surface area contributed by atoms with Crippen molar-refractivity contribution in [3.63, 3.8) is 0 Å². The predicted octanol–water partition coefficient (Wildman–Crippen LogP) is 0.670. The first-order valence-corrected chi connectivity index (χ1v) is 3.38. The van der Waals surface area contributed by atoms with E-state index in [1.54, 1.807) is 6.92 Å². The minimum Gasteiger partial charge on any atom is -0.390 e. The maximum Gasteiger partial charge on any atom is 0.168 e. The second kappa shape index (κ2) is 3.39. The van der Waals surface area contributed by atoms with Crippen molar-refractivity contribution in [2.24, 2.45) is 0 Å². The minimum atomic E-state index is -0.488. The SMILES string of the molecule is CCc1ncnc(CO)c1F. The van der Waals surface area contributed by atoms with Gasteiger partial charge in [0.1, 0.15) is 12.0 Å². The number of hydrogen-bond donors (Lipinski definition) is 1. The molecule has 1 N–H and O–H groups in total. The van der Waals surface area contributed by atoms with Gasteiger partial charge in [-0.1, -0.05) is 6.92 Å². The molecular weight excluding hydrogens is 147 g/mol. The summed E-state index contributed by atoms with van der Waals surface area (Å²) >= 11 is 0. The van der Waals surface area contributed by atoms with Gasteiger partial charge in [0.15, 0.2) is 5.82 Å². The summed E-state index contributed by atoms with van der Waals surface area (Å²) in [5, 5.41) is 8.61. The molecule has 0 radical (unpaired) electrons. The van der Waals surface area contributed by atoms with E-state index >= 15 is 0 Å². The monoisotopic (exact) mass is 156 g/mol. The Morgan fingerprint density at radius 2 is 2.09 bits per heavy atom. The molecule has 1 aromatic rings. The van der Waals surface area contributed by atoms with Crippen LogP contribution in [0.5, 0.6) is 0 Å². The third kappa shape index (κ3) is 1.51. The number of nitrogens with zero attached hydrogens (tertiary/aromatic N) is 2. The van der Waals surface area contributed by atoms with Crippen LogP contribution in [0.3, 0.4) is 0 Å². The van der Waals surface area contributed by atoms with Crippen molar-refractivity contribution in [2.45, 2.75) is 20.0 Å². The van der Waals surface area contributed by atoms with Gasteiger partial charge in [0.2, 0.25) is 0 Å². The first kappa shape index (κ1) is 8.07. The Morgan fingerprint density at radius 3 is 2.64 bits per heavy atom. The van der Waals surface area contributed by atoms with Gasteiger partial charge in [-0.2, -0.15) is 0 Å². The van der Waals surface area contributed by atoms with Crippen molar-refractivity contribution >= 4 is 0 Å². The molecule has 11 heavy (non-hydrogen) atoms. The van der Waals surface area contributed by atoms with E-state index in [2.05, 4.69) is 9.97 Å². The zero-order chi connectivity index (χ0) is 8.27. The van der Waals surface area contributed by atoms with Crippen LogP contribution in [0.4, 0.5) is 4.39 Å². The van der Waals surface area contributed by atoms with E-state index in [4.69, 9.17) is 5.11 Å². The molecule has 0 unspecified atom stereocenters. The molecular formula is C7H9FN2O. The summed E-state index contributed by atoms with van der Waals surface area (Å²) in [4.78, 5) is 7.28. The molecule has 0 aromatic carbocycles. The lowest BCUT2D eigenvalue weighted by molar-refractivity contribution is 0.269. The highest BCUT2D eigenvalue weighted by atomic mass is 19.1. The summed E-state index contributed by atoms with van der Waals surface area (Å²) in [6.07, 6.45) is 1.77. The first-order chi connectivity index (χ1) is 5.29. The number of hydrogen-bond acceptors (Lipinski definition) is 3. The number of aromatic nitrogens is 2. The fourth-order valence-corrected chi connectivity index (χ4v) is 0.805. The van der Waals surface area contributed by atoms with Gasteiger partial charge in [0, 0.05) is 0 Å². The highest BCUT2D eigenvalue weighted by Crippen LogP contribution is 2.07. The molecule has 0 fully saturated rings. The van der Waals surface area contributed by atoms with Crippen LogP contribution in [0.1, 0.15) is 18.3 Å². The van der Waals surface area contributed by atoms with E-state index in [9.17, 15) is 4.39 Å². The van der Waals surface area contributed by atoms with E-state index in [-0.39, 0.29) is 12.3 Å². The summed E-state index contributed by atoms with van der Waals surface area (Å²) in [7, 11) is 0. The number of aliphatic hydroxyl groups excluding tert-OH is 1. The Kier molecular flexibility index (Phi) is 2.48. The average Bonchev–Trinajstić information content (AvgIpc) is 2.05. The topological polar surface area (TPSA) is 46.0 Å². The average molecular weight is 156 g/mol. The molecule has 0 aliphatic heterocycles. The minimum absolute atomic E-state index is 0.0665. The summed E-state index contributed by atoms with van der Waals surface area (Å²) in [6.45, 7) is 1.42. The van der Waals surface area contributed by atoms with E-state index in [1.165, 1.54) is 6.33 Å². The summed E-state index contributed by atoms with van der Waals surface area (Å²) < 4.78 is 13.0. The maximum absolute atomic E-state index is 13.0. The lowest BCUT2D eigenvalue weighted by Crippen LogP contribution is -2.01. The fraction of sp³-hybridized carbons (Fsp3) is 0.429. The highest BCUT2D eigenvalue weighted by Gasteiger charge is 2.07. The molecule has 0 spiro atoms. The third-order valence-corrected chi connectivity index (χ3v) is 1.42. The van der Waals surface area contributed by atoms with Gasteiger partial charge < -0.3 is 5.11 Å². The van der Waals surface area contributed by atoms with Crippen molar-refractivity contribution in [1.82, 2.24) is 9.97 Å². The molecule has 0 saturated carbocycles. The summed E-state index contributed by atoms with van der Waals surface area (Å²) in [5.41, 5.74) is 0.418. The third-order valence-electron chi connectivity index (χ3n) is 1.42. The number of rotatable bonds is 2. The molecule has 0 saturated heterocycles. The van der Waals surface area contributed by atoms with Gasteiger partial charge in [0.05, 0.1) is 12.3 Å². The van der Waals surface area contributed by atoms with Crippen LogP contribution >= 0.6 is 0 Å².